The first kappa shape index (κ1) is 25.9. The van der Waals surface area contributed by atoms with Gasteiger partial charge in [-0.3, -0.25) is 0 Å². The molecule has 7 aromatic carbocycles. The number of benzene rings is 7. The van der Waals surface area contributed by atoms with Crippen molar-refractivity contribution in [3.63, 3.8) is 0 Å². The summed E-state index contributed by atoms with van der Waals surface area (Å²) in [5.41, 5.74) is 10.2. The smallest absolute Gasteiger partial charge is 0.143 e. The van der Waals surface area contributed by atoms with Crippen molar-refractivity contribution in [3.05, 3.63) is 157 Å². The Morgan fingerprint density at radius 2 is 1.33 bits per heavy atom. The monoisotopic (exact) mass is 577 g/mol. The topological polar surface area (TPSA) is 16.4 Å². The molecule has 0 aliphatic heterocycles. The highest BCUT2D eigenvalue weighted by Gasteiger charge is 2.23. The van der Waals surface area contributed by atoms with E-state index in [0.717, 1.165) is 50.9 Å². The molecule has 9 rings (SSSR count). The van der Waals surface area contributed by atoms with Gasteiger partial charge in [-0.1, -0.05) is 122 Å². The predicted molar refractivity (Wildman–Crippen MR) is 191 cm³/mol. The highest BCUT2D eigenvalue weighted by atomic mass is 16.3. The van der Waals surface area contributed by atoms with Gasteiger partial charge in [0.15, 0.2) is 0 Å². The molecule has 0 saturated carbocycles. The van der Waals surface area contributed by atoms with Crippen molar-refractivity contribution < 1.29 is 4.42 Å². The van der Waals surface area contributed by atoms with Gasteiger partial charge in [0.25, 0.3) is 0 Å². The fourth-order valence-electron chi connectivity index (χ4n) is 7.23. The highest BCUT2D eigenvalue weighted by molar-refractivity contribution is 6.10. The molecule has 8 aromatic rings. The molecule has 2 nitrogen and oxygen atoms in total. The minimum Gasteiger partial charge on any atom is -0.455 e. The Bertz CT molecular complexity index is 2450. The summed E-state index contributed by atoms with van der Waals surface area (Å²) in [6, 6.07) is 50.4. The second-order valence-electron chi connectivity index (χ2n) is 12.2. The lowest BCUT2D eigenvalue weighted by Crippen LogP contribution is -2.13. The lowest BCUT2D eigenvalue weighted by Gasteiger charge is -2.30. The van der Waals surface area contributed by atoms with E-state index in [4.69, 9.17) is 4.42 Å². The summed E-state index contributed by atoms with van der Waals surface area (Å²) in [5, 5.41) is 7.28. The van der Waals surface area contributed by atoms with Crippen molar-refractivity contribution in [1.29, 1.82) is 0 Å². The van der Waals surface area contributed by atoms with Crippen LogP contribution < -0.4 is 4.90 Å². The summed E-state index contributed by atoms with van der Waals surface area (Å²) in [6.45, 7) is 2.34. The Kier molecular flexibility index (Phi) is 5.89. The van der Waals surface area contributed by atoms with Crippen LogP contribution in [0.5, 0.6) is 0 Å². The Labute approximate surface area is 262 Å². The van der Waals surface area contributed by atoms with Gasteiger partial charge < -0.3 is 9.32 Å². The second-order valence-corrected chi connectivity index (χ2v) is 12.2. The van der Waals surface area contributed by atoms with Gasteiger partial charge in [0, 0.05) is 33.1 Å². The van der Waals surface area contributed by atoms with Crippen LogP contribution in [0.3, 0.4) is 0 Å². The van der Waals surface area contributed by atoms with Gasteiger partial charge in [0.05, 0.1) is 5.69 Å². The maximum atomic E-state index is 6.47. The van der Waals surface area contributed by atoms with E-state index in [0.29, 0.717) is 5.92 Å². The Morgan fingerprint density at radius 1 is 0.600 bits per heavy atom. The van der Waals surface area contributed by atoms with Crippen LogP contribution in [0.2, 0.25) is 0 Å². The van der Waals surface area contributed by atoms with E-state index < -0.39 is 0 Å². The minimum atomic E-state index is 0.448. The van der Waals surface area contributed by atoms with Crippen molar-refractivity contribution in [1.82, 2.24) is 0 Å². The number of hydrogen-bond acceptors (Lipinski definition) is 2. The van der Waals surface area contributed by atoms with Gasteiger partial charge in [-0.05, 0) is 81.6 Å². The normalized spacial score (nSPS) is 14.4. The number of fused-ring (bicyclic) bond motifs is 7. The average molecular weight is 578 g/mol. The van der Waals surface area contributed by atoms with E-state index in [1.54, 1.807) is 0 Å². The Balaban J connectivity index is 1.31. The zero-order valence-corrected chi connectivity index (χ0v) is 25.1. The third kappa shape index (κ3) is 4.17. The summed E-state index contributed by atoms with van der Waals surface area (Å²) in [7, 11) is 0. The molecule has 1 aromatic heterocycles. The Hall–Kier alpha value is -5.60. The molecule has 214 valence electrons. The highest BCUT2D eigenvalue weighted by Crippen LogP contribution is 2.46. The molecule has 0 amide bonds. The molecule has 1 heterocycles. The van der Waals surface area contributed by atoms with Gasteiger partial charge >= 0.3 is 0 Å². The van der Waals surface area contributed by atoms with Crippen molar-refractivity contribution in [2.75, 3.05) is 4.90 Å². The van der Waals surface area contributed by atoms with Crippen LogP contribution in [0, 0.1) is 0 Å². The number of nitrogens with zero attached hydrogens (tertiary/aromatic N) is 1. The molecule has 2 heteroatoms. The second kappa shape index (κ2) is 10.2. The van der Waals surface area contributed by atoms with Crippen molar-refractivity contribution in [2.45, 2.75) is 19.3 Å². The first-order valence-electron chi connectivity index (χ1n) is 15.7. The van der Waals surface area contributed by atoms with Crippen LogP contribution in [-0.4, -0.2) is 0 Å². The molecule has 1 atom stereocenters. The number of anilines is 3. The molecule has 1 aliphatic carbocycles. The molecule has 0 fully saturated rings. The van der Waals surface area contributed by atoms with Gasteiger partial charge in [-0.2, -0.15) is 0 Å². The molecular weight excluding hydrogens is 546 g/mol. The molecule has 45 heavy (non-hydrogen) atoms. The van der Waals surface area contributed by atoms with E-state index >= 15 is 0 Å². The van der Waals surface area contributed by atoms with E-state index in [1.807, 2.05) is 12.1 Å². The van der Waals surface area contributed by atoms with Crippen LogP contribution >= 0.6 is 0 Å². The largest absolute Gasteiger partial charge is 0.455 e. The zero-order chi connectivity index (χ0) is 29.9. The summed E-state index contributed by atoms with van der Waals surface area (Å²) in [6.07, 6.45) is 5.69. The molecule has 1 aliphatic rings. The first-order chi connectivity index (χ1) is 22.2. The third-order valence-corrected chi connectivity index (χ3v) is 9.45. The van der Waals surface area contributed by atoms with Crippen molar-refractivity contribution in [2.24, 2.45) is 0 Å². The molecular formula is C43H31NO. The zero-order valence-electron chi connectivity index (χ0n) is 25.1. The van der Waals surface area contributed by atoms with Gasteiger partial charge in [0.2, 0.25) is 0 Å². The standard InChI is InChI=1S/C43H31NO/c1-28-11-8-20-36-35-16-4-5-17-37(35)41(27-40(28)36)44(33-24-23-29-12-2-3-13-30(29)25-33)32-15-9-14-31(26-32)34-19-10-21-39-38-18-6-7-22-42(38)45-43(34)39/h2-10,12-28H,11H2,1H3/t28-/m1/s1. The molecule has 0 N–H and O–H groups in total. The van der Waals surface area contributed by atoms with Crippen LogP contribution in [-0.2, 0) is 0 Å². The molecule has 0 unspecified atom stereocenters. The summed E-state index contributed by atoms with van der Waals surface area (Å²) >= 11 is 0. The number of allylic oxidation sites excluding steroid dienone is 1. The van der Waals surface area contributed by atoms with Crippen LogP contribution in [0.25, 0.3) is 60.7 Å². The first-order valence-corrected chi connectivity index (χ1v) is 15.7. The van der Waals surface area contributed by atoms with Gasteiger partial charge in [-0.25, -0.2) is 0 Å². The predicted octanol–water partition coefficient (Wildman–Crippen LogP) is 12.5. The van der Waals surface area contributed by atoms with Crippen molar-refractivity contribution in [3.8, 4) is 11.1 Å². The summed E-state index contributed by atoms with van der Waals surface area (Å²) < 4.78 is 6.47. The van der Waals surface area contributed by atoms with Crippen LogP contribution in [0.1, 0.15) is 30.4 Å². The molecule has 0 radical (unpaired) electrons. The van der Waals surface area contributed by atoms with Crippen molar-refractivity contribution >= 4 is 66.6 Å². The van der Waals surface area contributed by atoms with Gasteiger partial charge in [0.1, 0.15) is 11.2 Å². The van der Waals surface area contributed by atoms with E-state index in [2.05, 4.69) is 151 Å². The molecule has 0 bridgehead atoms. The number of hydrogen-bond donors (Lipinski definition) is 0. The third-order valence-electron chi connectivity index (χ3n) is 9.45. The fourth-order valence-corrected chi connectivity index (χ4v) is 7.23. The maximum absolute atomic E-state index is 6.47. The lowest BCUT2D eigenvalue weighted by atomic mass is 9.84. The summed E-state index contributed by atoms with van der Waals surface area (Å²) in [4.78, 5) is 2.45. The van der Waals surface area contributed by atoms with E-state index in [-0.39, 0.29) is 0 Å². The lowest BCUT2D eigenvalue weighted by molar-refractivity contribution is 0.670. The van der Waals surface area contributed by atoms with Crippen LogP contribution in [0.4, 0.5) is 17.1 Å². The quantitative estimate of drug-likeness (QED) is 0.207. The number of furan rings is 1. The maximum Gasteiger partial charge on any atom is 0.143 e. The molecule has 0 spiro atoms. The number of para-hydroxylation sites is 2. The van der Waals surface area contributed by atoms with E-state index in [1.165, 1.54) is 38.4 Å². The Morgan fingerprint density at radius 3 is 2.24 bits per heavy atom. The average Bonchev–Trinajstić information content (AvgIpc) is 3.48. The SMILES string of the molecule is C[C@@H]1CC=Cc2c1cc(N(c1cccc(-c3cccc4c3oc3ccccc34)c1)c1ccc3ccccc3c1)c1ccccc21. The molecule has 0 saturated heterocycles. The minimum absolute atomic E-state index is 0.448. The summed E-state index contributed by atoms with van der Waals surface area (Å²) in [5.74, 6) is 0.448. The van der Waals surface area contributed by atoms with Gasteiger partial charge in [-0.15, -0.1) is 0 Å². The fraction of sp³-hybridized carbons (Fsp3) is 0.0698. The van der Waals surface area contributed by atoms with E-state index in [9.17, 15) is 0 Å². The van der Waals surface area contributed by atoms with Crippen LogP contribution in [0.15, 0.2) is 150 Å². The number of rotatable bonds is 4.